The summed E-state index contributed by atoms with van der Waals surface area (Å²) < 4.78 is 146. The molecule has 0 aliphatic heterocycles. The molecule has 4 rings (SSSR count). The van der Waals surface area contributed by atoms with Crippen molar-refractivity contribution in [1.82, 2.24) is 20.6 Å². The first-order valence-electron chi connectivity index (χ1n) is 13.8. The number of benzene rings is 2. The van der Waals surface area contributed by atoms with Crippen molar-refractivity contribution in [2.24, 2.45) is 0 Å². The number of rotatable bonds is 14. The first-order valence-corrected chi connectivity index (χ1v) is 13.8. The van der Waals surface area contributed by atoms with E-state index in [-0.39, 0.29) is 21.9 Å². The molecule has 2 aromatic carbocycles. The van der Waals surface area contributed by atoms with Gasteiger partial charge in [-0.15, -0.1) is 0 Å². The van der Waals surface area contributed by atoms with Crippen LogP contribution >= 0.6 is 0 Å². The van der Waals surface area contributed by atoms with E-state index in [1.54, 1.807) is 0 Å². The number of H-pyrrole nitrogens is 2. The zero-order valence-corrected chi connectivity index (χ0v) is 24.6. The number of carboxylic acids is 2. The molecule has 0 aliphatic carbocycles. The van der Waals surface area contributed by atoms with Gasteiger partial charge in [0.05, 0.1) is 0 Å². The molecule has 0 radical (unpaired) electrons. The minimum absolute atomic E-state index is 0.0137. The van der Waals surface area contributed by atoms with E-state index in [4.69, 9.17) is 0 Å². The molecule has 0 fully saturated rings. The molecule has 4 aromatic rings. The number of halogens is 10. The van der Waals surface area contributed by atoms with Gasteiger partial charge in [0.25, 0.3) is 11.8 Å². The molecule has 3 unspecified atom stereocenters. The van der Waals surface area contributed by atoms with Gasteiger partial charge in [0.2, 0.25) is 0 Å². The number of carbonyl (C=O) groups is 4. The minimum Gasteiger partial charge on any atom is -0.480 e. The van der Waals surface area contributed by atoms with Gasteiger partial charge in [-0.1, -0.05) is 36.4 Å². The maximum Gasteiger partial charge on any atom is 0.458 e. The van der Waals surface area contributed by atoms with Crippen LogP contribution in [0.2, 0.25) is 0 Å². The molecule has 3 atom stereocenters. The second-order valence-electron chi connectivity index (χ2n) is 10.7. The van der Waals surface area contributed by atoms with E-state index in [0.29, 0.717) is 11.0 Å². The van der Waals surface area contributed by atoms with E-state index in [2.05, 4.69) is 14.7 Å². The molecular weight excluding hydrogens is 706 g/mol. The number of aromatic amines is 2. The van der Waals surface area contributed by atoms with E-state index in [1.165, 1.54) is 48.5 Å². The summed E-state index contributed by atoms with van der Waals surface area (Å²) in [5.74, 6) is -32.1. The van der Waals surface area contributed by atoms with Crippen LogP contribution in [-0.2, 0) is 36.8 Å². The highest BCUT2D eigenvalue weighted by atomic mass is 19.4. The zero-order valence-electron chi connectivity index (χ0n) is 24.6. The fraction of sp³-hybridized carbons (Fsp3) is 0.310. The van der Waals surface area contributed by atoms with Crippen molar-refractivity contribution >= 4 is 45.6 Å². The number of para-hydroxylation sites is 2. The van der Waals surface area contributed by atoms with Gasteiger partial charge in [0, 0.05) is 47.0 Å². The average Bonchev–Trinajstić information content (AvgIpc) is 3.63. The third kappa shape index (κ3) is 6.89. The van der Waals surface area contributed by atoms with E-state index >= 15 is 4.39 Å². The van der Waals surface area contributed by atoms with Crippen molar-refractivity contribution in [3.8, 4) is 0 Å². The summed E-state index contributed by atoms with van der Waals surface area (Å²) in [6.45, 7) is 0. The lowest BCUT2D eigenvalue weighted by Gasteiger charge is -2.36. The molecular formula is C29H22F10N4O7. The number of amides is 2. The maximum absolute atomic E-state index is 15.1. The van der Waals surface area contributed by atoms with Gasteiger partial charge in [0.1, 0.15) is 12.1 Å². The number of aliphatic carboxylic acids is 2. The first kappa shape index (κ1) is 37.5. The smallest absolute Gasteiger partial charge is 0.458 e. The van der Waals surface area contributed by atoms with Crippen molar-refractivity contribution in [1.29, 1.82) is 0 Å². The van der Waals surface area contributed by atoms with Gasteiger partial charge in [0.15, 0.2) is 0 Å². The monoisotopic (exact) mass is 728 g/mol. The number of hydrogen-bond donors (Lipinski definition) is 6. The Morgan fingerprint density at radius 3 is 1.46 bits per heavy atom. The van der Waals surface area contributed by atoms with Gasteiger partial charge >= 0.3 is 41.9 Å². The number of alkyl halides is 10. The topological polar surface area (TPSA) is 174 Å². The maximum atomic E-state index is 15.1. The van der Waals surface area contributed by atoms with Crippen molar-refractivity contribution in [2.75, 3.05) is 0 Å². The fourth-order valence-electron chi connectivity index (χ4n) is 4.74. The Balaban J connectivity index is 1.57. The Labute approximate surface area is 271 Å². The molecule has 2 heterocycles. The number of fused-ring (bicyclic) bond motifs is 2. The van der Waals surface area contributed by atoms with Crippen LogP contribution in [0.4, 0.5) is 43.9 Å². The van der Waals surface area contributed by atoms with E-state index < -0.39 is 78.7 Å². The molecule has 0 aliphatic rings. The number of ether oxygens (including phenoxy) is 1. The fourth-order valence-corrected chi connectivity index (χ4v) is 4.74. The lowest BCUT2D eigenvalue weighted by atomic mass is 10.0. The van der Waals surface area contributed by atoms with Crippen molar-refractivity contribution < 1.29 is 78.0 Å². The summed E-state index contributed by atoms with van der Waals surface area (Å²) >= 11 is 0. The largest absolute Gasteiger partial charge is 0.480 e. The predicted octanol–water partition coefficient (Wildman–Crippen LogP) is 4.68. The molecule has 2 amide bonds. The highest BCUT2D eigenvalue weighted by molar-refractivity contribution is 5.91. The van der Waals surface area contributed by atoms with Crippen LogP contribution in [0.25, 0.3) is 21.8 Å². The van der Waals surface area contributed by atoms with E-state index in [9.17, 15) is 68.9 Å². The van der Waals surface area contributed by atoms with Gasteiger partial charge in [-0.25, -0.2) is 9.59 Å². The second kappa shape index (κ2) is 13.2. The SMILES string of the molecule is O=C(O)C(Cc1c[nH]c2ccccc12)NC(=O)C(F)(F)C(F)(F)C(F)(F)OC(F)(C(=O)NC(Cc1c[nH]c2ccccc12)C(=O)O)C(F)(F)F. The van der Waals surface area contributed by atoms with Gasteiger partial charge in [-0.05, 0) is 23.3 Å². The number of hydrogen-bond acceptors (Lipinski definition) is 5. The molecule has 11 nitrogen and oxygen atoms in total. The molecule has 0 saturated heterocycles. The molecule has 6 N–H and O–H groups in total. The summed E-state index contributed by atoms with van der Waals surface area (Å²) in [6, 6.07) is 6.65. The molecule has 0 saturated carbocycles. The quantitative estimate of drug-likeness (QED) is 0.102. The molecule has 0 spiro atoms. The highest BCUT2D eigenvalue weighted by Gasteiger charge is 2.80. The van der Waals surface area contributed by atoms with Crippen molar-refractivity contribution in [3.63, 3.8) is 0 Å². The predicted molar refractivity (Wildman–Crippen MR) is 149 cm³/mol. The Hall–Kier alpha value is -5.34. The average molecular weight is 728 g/mol. The van der Waals surface area contributed by atoms with Gasteiger partial charge in [-0.2, -0.15) is 43.9 Å². The van der Waals surface area contributed by atoms with Crippen LogP contribution in [0.5, 0.6) is 0 Å². The standard InChI is InChI=1S/C29H22F10N4O7/c30-25(31,23(48)42-19(21(44)45)9-13-11-40-17-7-3-1-5-15(13)17)27(33,34)29(38,39)50-26(32,28(35,36)37)24(49)43-20(22(46)47)10-14-12-41-18-8-4-2-6-16(14)18/h1-8,11-12,19-20,40-41H,9-10H2,(H,42,48)(H,43,49)(H,44,45)(H,46,47). The third-order valence-electron chi connectivity index (χ3n) is 7.38. The molecule has 2 aromatic heterocycles. The number of aromatic nitrogens is 2. The third-order valence-corrected chi connectivity index (χ3v) is 7.38. The van der Waals surface area contributed by atoms with Crippen molar-refractivity contribution in [3.05, 3.63) is 72.1 Å². The molecule has 21 heteroatoms. The lowest BCUT2D eigenvalue weighted by Crippen LogP contribution is -2.68. The minimum atomic E-state index is -7.41. The number of carboxylic acid groups (broad SMARTS) is 2. The Morgan fingerprint density at radius 2 is 1.06 bits per heavy atom. The van der Waals surface area contributed by atoms with E-state index in [0.717, 1.165) is 23.0 Å². The number of nitrogens with one attached hydrogen (secondary N) is 4. The number of carbonyl (C=O) groups excluding carboxylic acids is 2. The first-order chi connectivity index (χ1) is 23.0. The summed E-state index contributed by atoms with van der Waals surface area (Å²) in [5, 5.41) is 21.1. The molecule has 50 heavy (non-hydrogen) atoms. The van der Waals surface area contributed by atoms with Crippen LogP contribution < -0.4 is 10.6 Å². The molecule has 0 bridgehead atoms. The molecule has 270 valence electrons. The Morgan fingerprint density at radius 1 is 0.660 bits per heavy atom. The van der Waals surface area contributed by atoms with Crippen LogP contribution in [0.3, 0.4) is 0 Å². The van der Waals surface area contributed by atoms with Crippen LogP contribution in [0.1, 0.15) is 11.1 Å². The lowest BCUT2D eigenvalue weighted by molar-refractivity contribution is -0.455. The van der Waals surface area contributed by atoms with Crippen LogP contribution in [-0.4, -0.2) is 86.0 Å². The summed E-state index contributed by atoms with van der Waals surface area (Å²) in [6.07, 6.45) is -14.0. The van der Waals surface area contributed by atoms with Crippen LogP contribution in [0.15, 0.2) is 60.9 Å². The normalized spacial score (nSPS) is 15.3. The van der Waals surface area contributed by atoms with Crippen molar-refractivity contribution in [2.45, 2.75) is 54.9 Å². The Bertz CT molecular complexity index is 1930. The summed E-state index contributed by atoms with van der Waals surface area (Å²) in [7, 11) is 0. The summed E-state index contributed by atoms with van der Waals surface area (Å²) in [5.41, 5.74) is 0.732. The van der Waals surface area contributed by atoms with Gasteiger partial charge < -0.3 is 30.8 Å². The van der Waals surface area contributed by atoms with Crippen LogP contribution in [0, 0.1) is 0 Å². The highest BCUT2D eigenvalue weighted by Crippen LogP contribution is 2.50. The summed E-state index contributed by atoms with van der Waals surface area (Å²) in [4.78, 5) is 53.2. The van der Waals surface area contributed by atoms with E-state index in [1.807, 2.05) is 0 Å². The zero-order chi connectivity index (χ0) is 37.4. The Kier molecular flexibility index (Phi) is 9.88. The van der Waals surface area contributed by atoms with Gasteiger partial charge in [-0.3, -0.25) is 14.3 Å². The second-order valence-corrected chi connectivity index (χ2v) is 10.7.